The first kappa shape index (κ1) is 19.8. The van der Waals surface area contributed by atoms with Crippen molar-refractivity contribution in [3.8, 4) is 22.3 Å². The standard InChI is InChI=1S/C21H16F2N2O4S/c1-27-17-10-12(6-7-14(17)29-21(22)23)11-24-19(26)15-8-9-16(28-15)20-25-13-4-2-3-5-18(13)30-20/h2-10,21H,11H2,1H3,(H,24,26). The van der Waals surface area contributed by atoms with Crippen LogP contribution in [0.5, 0.6) is 11.5 Å². The van der Waals surface area contributed by atoms with E-state index in [1.807, 2.05) is 24.3 Å². The molecule has 0 aliphatic rings. The average molecular weight is 430 g/mol. The molecule has 9 heteroatoms. The lowest BCUT2D eigenvalue weighted by molar-refractivity contribution is -0.0512. The number of amides is 1. The van der Waals surface area contributed by atoms with E-state index in [2.05, 4.69) is 15.0 Å². The number of methoxy groups -OCH3 is 1. The number of aromatic nitrogens is 1. The molecule has 0 unspecified atom stereocenters. The van der Waals surface area contributed by atoms with Crippen LogP contribution in [0.15, 0.2) is 59.0 Å². The average Bonchev–Trinajstić information content (AvgIpc) is 3.39. The monoisotopic (exact) mass is 430 g/mol. The van der Waals surface area contributed by atoms with E-state index in [0.717, 1.165) is 10.2 Å². The largest absolute Gasteiger partial charge is 0.493 e. The fraction of sp³-hybridized carbons (Fsp3) is 0.143. The summed E-state index contributed by atoms with van der Waals surface area (Å²) < 4.78 is 41.0. The third-order valence-corrected chi connectivity index (χ3v) is 5.28. The van der Waals surface area contributed by atoms with E-state index >= 15 is 0 Å². The van der Waals surface area contributed by atoms with Gasteiger partial charge in [-0.05, 0) is 42.0 Å². The summed E-state index contributed by atoms with van der Waals surface area (Å²) >= 11 is 1.48. The van der Waals surface area contributed by atoms with Gasteiger partial charge >= 0.3 is 6.61 Å². The number of furan rings is 1. The van der Waals surface area contributed by atoms with Crippen LogP contribution >= 0.6 is 11.3 Å². The Kier molecular flexibility index (Phi) is 5.62. The summed E-state index contributed by atoms with van der Waals surface area (Å²) in [5, 5.41) is 3.41. The Morgan fingerprint density at radius 1 is 1.17 bits per heavy atom. The highest BCUT2D eigenvalue weighted by molar-refractivity contribution is 7.21. The SMILES string of the molecule is COc1cc(CNC(=O)c2ccc(-c3nc4ccccc4s3)o2)ccc1OC(F)F. The lowest BCUT2D eigenvalue weighted by Crippen LogP contribution is -2.22. The lowest BCUT2D eigenvalue weighted by Gasteiger charge is -2.11. The van der Waals surface area contributed by atoms with E-state index in [9.17, 15) is 13.6 Å². The number of nitrogens with zero attached hydrogens (tertiary/aromatic N) is 1. The van der Waals surface area contributed by atoms with Gasteiger partial charge in [0.1, 0.15) is 0 Å². The number of fused-ring (bicyclic) bond motifs is 1. The van der Waals surface area contributed by atoms with Gasteiger partial charge in [-0.1, -0.05) is 18.2 Å². The number of alkyl halides is 2. The highest BCUT2D eigenvalue weighted by Crippen LogP contribution is 2.31. The van der Waals surface area contributed by atoms with Crippen molar-refractivity contribution < 1.29 is 27.5 Å². The molecule has 154 valence electrons. The summed E-state index contributed by atoms with van der Waals surface area (Å²) in [6.45, 7) is -2.80. The maximum Gasteiger partial charge on any atom is 0.387 e. The summed E-state index contributed by atoms with van der Waals surface area (Å²) in [4.78, 5) is 16.9. The van der Waals surface area contributed by atoms with Crippen LogP contribution in [-0.2, 0) is 6.54 Å². The third kappa shape index (κ3) is 4.25. The molecule has 30 heavy (non-hydrogen) atoms. The number of carbonyl (C=O) groups excluding carboxylic acids is 1. The van der Waals surface area contributed by atoms with Crippen molar-refractivity contribution in [2.75, 3.05) is 7.11 Å². The van der Waals surface area contributed by atoms with E-state index in [1.165, 1.54) is 30.6 Å². The molecule has 6 nitrogen and oxygen atoms in total. The first-order valence-corrected chi connectivity index (χ1v) is 9.71. The Labute approximate surface area is 174 Å². The van der Waals surface area contributed by atoms with Crippen molar-refractivity contribution in [1.82, 2.24) is 10.3 Å². The van der Waals surface area contributed by atoms with Crippen LogP contribution in [0, 0.1) is 0 Å². The maximum absolute atomic E-state index is 12.4. The van der Waals surface area contributed by atoms with E-state index in [4.69, 9.17) is 9.15 Å². The molecule has 2 aromatic heterocycles. The minimum atomic E-state index is -2.95. The van der Waals surface area contributed by atoms with Crippen molar-refractivity contribution in [3.63, 3.8) is 0 Å². The summed E-state index contributed by atoms with van der Waals surface area (Å²) in [6, 6.07) is 15.5. The van der Waals surface area contributed by atoms with Crippen molar-refractivity contribution in [3.05, 3.63) is 65.9 Å². The molecule has 0 fully saturated rings. The van der Waals surface area contributed by atoms with E-state index < -0.39 is 12.5 Å². The summed E-state index contributed by atoms with van der Waals surface area (Å²) in [5.74, 6) is 0.326. The molecule has 2 heterocycles. The van der Waals surface area contributed by atoms with Gasteiger partial charge in [-0.2, -0.15) is 8.78 Å². The zero-order valence-corrected chi connectivity index (χ0v) is 16.5. The molecule has 0 saturated carbocycles. The van der Waals surface area contributed by atoms with Gasteiger partial charge in [0.15, 0.2) is 28.0 Å². The summed E-state index contributed by atoms with van der Waals surface area (Å²) in [5.41, 5.74) is 1.52. The number of hydrogen-bond donors (Lipinski definition) is 1. The number of benzene rings is 2. The Morgan fingerprint density at radius 2 is 2.00 bits per heavy atom. The molecule has 4 rings (SSSR count). The molecular formula is C21H16F2N2O4S. The number of carbonyl (C=O) groups is 1. The maximum atomic E-state index is 12.4. The highest BCUT2D eigenvalue weighted by atomic mass is 32.1. The predicted octanol–water partition coefficient (Wildman–Crippen LogP) is 5.10. The molecule has 0 radical (unpaired) electrons. The Morgan fingerprint density at radius 3 is 2.77 bits per heavy atom. The van der Waals surface area contributed by atoms with Gasteiger partial charge in [0.05, 0.1) is 17.3 Å². The van der Waals surface area contributed by atoms with E-state index in [1.54, 1.807) is 18.2 Å². The molecule has 0 spiro atoms. The fourth-order valence-corrected chi connectivity index (χ4v) is 3.76. The second-order valence-electron chi connectivity index (χ2n) is 6.20. The predicted molar refractivity (Wildman–Crippen MR) is 108 cm³/mol. The van der Waals surface area contributed by atoms with Crippen molar-refractivity contribution >= 4 is 27.5 Å². The Hall–Kier alpha value is -3.46. The van der Waals surface area contributed by atoms with E-state index in [-0.39, 0.29) is 23.8 Å². The van der Waals surface area contributed by atoms with Crippen LogP contribution in [0.4, 0.5) is 8.78 Å². The van der Waals surface area contributed by atoms with Crippen LogP contribution in [-0.4, -0.2) is 24.6 Å². The number of halogens is 2. The normalized spacial score (nSPS) is 11.1. The van der Waals surface area contributed by atoms with Gasteiger partial charge in [-0.25, -0.2) is 4.98 Å². The molecule has 4 aromatic rings. The highest BCUT2D eigenvalue weighted by Gasteiger charge is 2.16. The lowest BCUT2D eigenvalue weighted by atomic mass is 10.2. The van der Waals surface area contributed by atoms with Crippen molar-refractivity contribution in [2.24, 2.45) is 0 Å². The minimum absolute atomic E-state index is 0.0749. The van der Waals surface area contributed by atoms with Crippen molar-refractivity contribution in [2.45, 2.75) is 13.2 Å². The van der Waals surface area contributed by atoms with Gasteiger partial charge in [0, 0.05) is 6.54 Å². The zero-order chi connectivity index (χ0) is 21.1. The van der Waals surface area contributed by atoms with Gasteiger partial charge in [0.25, 0.3) is 5.91 Å². The molecule has 0 bridgehead atoms. The van der Waals surface area contributed by atoms with Gasteiger partial charge in [-0.15, -0.1) is 11.3 Å². The van der Waals surface area contributed by atoms with Crippen LogP contribution in [0.25, 0.3) is 21.0 Å². The number of hydrogen-bond acceptors (Lipinski definition) is 6. The molecule has 0 atom stereocenters. The number of rotatable bonds is 7. The van der Waals surface area contributed by atoms with Crippen LogP contribution in [0.3, 0.4) is 0 Å². The molecule has 0 saturated heterocycles. The van der Waals surface area contributed by atoms with Gasteiger partial charge < -0.3 is 19.2 Å². The smallest absolute Gasteiger partial charge is 0.387 e. The minimum Gasteiger partial charge on any atom is -0.493 e. The fourth-order valence-electron chi connectivity index (χ4n) is 2.84. The van der Waals surface area contributed by atoms with Gasteiger partial charge in [0.2, 0.25) is 0 Å². The van der Waals surface area contributed by atoms with Crippen LogP contribution in [0.2, 0.25) is 0 Å². The van der Waals surface area contributed by atoms with E-state index in [0.29, 0.717) is 16.3 Å². The molecule has 0 aliphatic heterocycles. The molecule has 0 aliphatic carbocycles. The second kappa shape index (κ2) is 8.50. The quantitative estimate of drug-likeness (QED) is 0.442. The molecule has 1 amide bonds. The van der Waals surface area contributed by atoms with Crippen LogP contribution in [0.1, 0.15) is 16.1 Å². The Balaban J connectivity index is 1.43. The number of nitrogens with one attached hydrogen (secondary N) is 1. The summed E-state index contributed by atoms with van der Waals surface area (Å²) in [7, 11) is 1.35. The first-order valence-electron chi connectivity index (χ1n) is 8.89. The summed E-state index contributed by atoms with van der Waals surface area (Å²) in [6.07, 6.45) is 0. The third-order valence-electron chi connectivity index (χ3n) is 4.23. The molecule has 2 aromatic carbocycles. The zero-order valence-electron chi connectivity index (χ0n) is 15.7. The number of para-hydroxylation sites is 1. The van der Waals surface area contributed by atoms with Crippen molar-refractivity contribution in [1.29, 1.82) is 0 Å². The molecular weight excluding hydrogens is 414 g/mol. The molecule has 1 N–H and O–H groups in total. The topological polar surface area (TPSA) is 73.6 Å². The van der Waals surface area contributed by atoms with Gasteiger partial charge in [-0.3, -0.25) is 4.79 Å². The second-order valence-corrected chi connectivity index (χ2v) is 7.23. The first-order chi connectivity index (χ1) is 14.5. The number of thiazole rings is 1. The van der Waals surface area contributed by atoms with Crippen LogP contribution < -0.4 is 14.8 Å². The Bertz CT molecular complexity index is 1160. The number of ether oxygens (including phenoxy) is 2.